The van der Waals surface area contributed by atoms with Gasteiger partial charge in [-0.1, -0.05) is 0 Å². The Morgan fingerprint density at radius 1 is 0.875 bits per heavy atom. The predicted molar refractivity (Wildman–Crippen MR) is 27.4 cm³/mol. The van der Waals surface area contributed by atoms with Gasteiger partial charge in [-0.25, -0.2) is 0 Å². The number of carbonyl (C=O) groups excluding carboxylic acids is 1. The van der Waals surface area contributed by atoms with Crippen LogP contribution in [0.5, 0.6) is 0 Å². The fourth-order valence-corrected chi connectivity index (χ4v) is 1.10. The van der Waals surface area contributed by atoms with Gasteiger partial charge in [-0.3, -0.25) is 0 Å². The Morgan fingerprint density at radius 2 is 1.00 bits per heavy atom. The van der Waals surface area contributed by atoms with Crippen LogP contribution in [-0.2, 0) is 52.4 Å². The molecule has 0 saturated heterocycles. The predicted octanol–water partition coefficient (Wildman–Crippen LogP) is -6.17. The molecule has 0 aliphatic rings. The number of hydrogen-bond acceptors (Lipinski definition) is 10. The van der Waals surface area contributed by atoms with Gasteiger partial charge in [-0.05, 0) is 6.16 Å². The van der Waals surface area contributed by atoms with E-state index < -0.39 is 21.8 Å². The van der Waals surface area contributed by atoms with Gasteiger partial charge in [0.15, 0.2) is 0 Å². The zero-order chi connectivity index (χ0) is 11.3. The molecule has 0 N–H and O–H groups in total. The maximum atomic E-state index is 9.32. The van der Waals surface area contributed by atoms with Crippen molar-refractivity contribution in [2.24, 2.45) is 0 Å². The Balaban J connectivity index is -0.0000000511. The largest absolute Gasteiger partial charge is 2.00 e. The number of rotatable bonds is 2. The van der Waals surface area contributed by atoms with Gasteiger partial charge in [0.1, 0.15) is 0 Å². The summed E-state index contributed by atoms with van der Waals surface area (Å²) in [6.45, 7) is 0. The summed E-state index contributed by atoms with van der Waals surface area (Å²) < 4.78 is 21.2. The van der Waals surface area contributed by atoms with Crippen LogP contribution < -0.4 is 29.8 Å². The van der Waals surface area contributed by atoms with Crippen LogP contribution in [-0.4, -0.2) is 43.9 Å². The van der Waals surface area contributed by atoms with Crippen molar-refractivity contribution in [3.63, 3.8) is 0 Å². The smallest absolute Gasteiger partial charge is 0.790 e. The molecule has 0 heterocycles. The van der Waals surface area contributed by atoms with Crippen LogP contribution in [0.2, 0.25) is 0 Å². The van der Waals surface area contributed by atoms with Crippen molar-refractivity contribution in [1.82, 2.24) is 0 Å². The van der Waals surface area contributed by atoms with E-state index in [4.69, 9.17) is 15.0 Å². The molecule has 0 saturated carbocycles. The Hall–Kier alpha value is 2.04. The molecule has 0 amide bonds. The third-order valence-electron chi connectivity index (χ3n) is 0.200. The zero-order valence-electron chi connectivity index (χ0n) is 7.60. The average molecular weight is 405 g/mol. The van der Waals surface area contributed by atoms with Gasteiger partial charge in [0.2, 0.25) is 0 Å². The molecule has 15 heteroatoms. The molecule has 80 valence electrons. The normalized spacial score (nSPS) is 9.25. The van der Waals surface area contributed by atoms with E-state index in [1.165, 1.54) is 0 Å². The molecule has 10 nitrogen and oxygen atoms in total. The van der Waals surface area contributed by atoms with Crippen LogP contribution in [0.1, 0.15) is 0 Å². The molecule has 0 aliphatic heterocycles. The maximum absolute atomic E-state index is 9.32. The second-order valence-electron chi connectivity index (χ2n) is 1.23. The first kappa shape index (κ1) is 30.8. The summed E-state index contributed by atoms with van der Waals surface area (Å²) >= 11 is 0. The van der Waals surface area contributed by atoms with Crippen LogP contribution >= 0.6 is 15.6 Å². The second kappa shape index (κ2) is 13.5. The molecule has 0 radical (unpaired) electrons. The van der Waals surface area contributed by atoms with Crippen molar-refractivity contribution < 1.29 is 87.0 Å². The van der Waals surface area contributed by atoms with Crippen LogP contribution in [0.4, 0.5) is 4.79 Å². The first-order chi connectivity index (χ1) is 5.44. The van der Waals surface area contributed by atoms with E-state index in [-0.39, 0.29) is 76.7 Å². The van der Waals surface area contributed by atoms with Gasteiger partial charge in [0.25, 0.3) is 0 Å². The van der Waals surface area contributed by atoms with Crippen molar-refractivity contribution in [1.29, 1.82) is 0 Å². The summed E-state index contributed by atoms with van der Waals surface area (Å²) in [5, 5.41) is 16.7. The van der Waals surface area contributed by atoms with Gasteiger partial charge in [-0.2, -0.15) is 0 Å². The van der Waals surface area contributed by atoms with E-state index in [2.05, 4.69) is 4.31 Å². The monoisotopic (exact) mass is 402 g/mol. The third-order valence-corrected chi connectivity index (χ3v) is 1.80. The molecule has 0 bridgehead atoms. The molecule has 0 atom stereocenters. The quantitative estimate of drug-likeness (QED) is 0.315. The topological polar surface area (TPSA) is 199 Å². The Morgan fingerprint density at radius 3 is 1.00 bits per heavy atom. The van der Waals surface area contributed by atoms with Crippen molar-refractivity contribution in [3.8, 4) is 0 Å². The van der Waals surface area contributed by atoms with E-state index in [1.54, 1.807) is 0 Å². The minimum absolute atomic E-state index is 0. The van der Waals surface area contributed by atoms with Crippen molar-refractivity contribution in [3.05, 3.63) is 0 Å². The molecule has 0 aromatic rings. The second-order valence-corrected chi connectivity index (χ2v) is 3.67. The molecule has 0 unspecified atom stereocenters. The Bertz CT molecular complexity index is 232. The molecule has 0 spiro atoms. The van der Waals surface area contributed by atoms with Crippen LogP contribution in [0.3, 0.4) is 0 Å². The van der Waals surface area contributed by atoms with E-state index in [1.807, 2.05) is 0 Å². The van der Waals surface area contributed by atoms with Crippen molar-refractivity contribution in [2.45, 2.75) is 0 Å². The van der Waals surface area contributed by atoms with Crippen LogP contribution in [0.15, 0.2) is 0 Å². The van der Waals surface area contributed by atoms with Crippen LogP contribution in [0.25, 0.3) is 0 Å². The van der Waals surface area contributed by atoms with E-state index in [0.717, 1.165) is 0 Å². The molecule has 0 rings (SSSR count). The molecule has 0 aromatic carbocycles. The third kappa shape index (κ3) is 56.1. The molecule has 0 fully saturated rings. The summed E-state index contributed by atoms with van der Waals surface area (Å²) in [5.41, 5.74) is 0. The minimum Gasteiger partial charge on any atom is -0.790 e. The molecule has 0 aliphatic carbocycles. The average Bonchev–Trinajstić information content (AvgIpc) is 1.47. The summed E-state index contributed by atoms with van der Waals surface area (Å²) in [6, 6.07) is 0. The number of hydrogen-bond donors (Lipinski definition) is 0. The van der Waals surface area contributed by atoms with Gasteiger partial charge in [-0.15, -0.1) is 0 Å². The summed E-state index contributed by atoms with van der Waals surface area (Å²) in [5.74, 6) is 0. The Kier molecular flexibility index (Phi) is 25.9. The zero-order valence-corrected chi connectivity index (χ0v) is 17.5. The van der Waals surface area contributed by atoms with E-state index in [9.17, 15) is 28.7 Å². The first-order valence-electron chi connectivity index (χ1n) is 2.07. The van der Waals surface area contributed by atoms with Gasteiger partial charge in [0.05, 0.1) is 15.6 Å². The van der Waals surface area contributed by atoms with Crippen molar-refractivity contribution in [2.75, 3.05) is 0 Å². The Labute approximate surface area is 145 Å². The summed E-state index contributed by atoms with van der Waals surface area (Å²) in [7, 11) is -11.4. The standard InChI is InChI=1S/CH2O3.Ca.H4O7P2.2Zn/c2-1(3)4;;1-8(2,3)7-9(4,5)6;;/h(H2,2,3,4);;(H2,1,2,3)(H2,4,5,6);;/q;+2;;2*+2/p-6. The summed E-state index contributed by atoms with van der Waals surface area (Å²) in [4.78, 5) is 45.6. The van der Waals surface area contributed by atoms with Gasteiger partial charge >= 0.3 is 76.7 Å². The minimum atomic E-state index is -5.68. The fraction of sp³-hybridized carbons (Fsp3) is 0. The van der Waals surface area contributed by atoms with E-state index >= 15 is 0 Å². The van der Waals surface area contributed by atoms with Gasteiger partial charge < -0.3 is 48.0 Å². The SMILES string of the molecule is O=C([O-])[O-].O=P([O-])([O-])OP(=O)([O-])[O-].[Ca+2].[Zn+2].[Zn+2]. The molecule has 0 aromatic heterocycles. The molecular weight excluding hydrogens is 405 g/mol. The molecular formula is CCaO10P2Zn2. The summed E-state index contributed by atoms with van der Waals surface area (Å²) in [6.07, 6.45) is -2.33. The number of carboxylic acid groups (broad SMARTS) is 2. The fourth-order valence-electron chi connectivity index (χ4n) is 0.122. The first-order valence-corrected chi connectivity index (χ1v) is 4.99. The number of carbonyl (C=O) groups is 1. The van der Waals surface area contributed by atoms with Crippen molar-refractivity contribution >= 4 is 59.5 Å². The van der Waals surface area contributed by atoms with Gasteiger partial charge in [0, 0.05) is 0 Å². The number of phosphoric acid groups is 2. The van der Waals surface area contributed by atoms with Crippen LogP contribution in [0, 0.1) is 0 Å². The van der Waals surface area contributed by atoms with E-state index in [0.29, 0.717) is 0 Å². The molecule has 16 heavy (non-hydrogen) atoms. The maximum Gasteiger partial charge on any atom is 2.00 e.